The lowest BCUT2D eigenvalue weighted by Crippen LogP contribution is -1.97. The summed E-state index contributed by atoms with van der Waals surface area (Å²) >= 11 is 9.29. The van der Waals surface area contributed by atoms with Crippen LogP contribution in [-0.4, -0.2) is 13.9 Å². The van der Waals surface area contributed by atoms with Crippen molar-refractivity contribution in [1.29, 1.82) is 0 Å². The summed E-state index contributed by atoms with van der Waals surface area (Å²) in [7, 11) is 1.59. The van der Waals surface area contributed by atoms with Gasteiger partial charge in [-0.05, 0) is 23.8 Å². The maximum atomic E-state index is 5.93. The molecule has 0 fully saturated rings. The first-order valence-corrected chi connectivity index (χ1v) is 4.91. The Hall–Kier alpha value is -0.0900. The number of hydrogen-bond donors (Lipinski definition) is 0. The monoisotopic (exact) mass is 264 g/mol. The lowest BCUT2D eigenvalue weighted by Gasteiger charge is -2.05. The van der Waals surface area contributed by atoms with Gasteiger partial charge in [0.1, 0.15) is 6.79 Å². The highest BCUT2D eigenvalue weighted by Crippen LogP contribution is 2.21. The van der Waals surface area contributed by atoms with Gasteiger partial charge in [-0.1, -0.05) is 27.5 Å². The molecule has 0 heterocycles. The molecule has 0 aliphatic heterocycles. The van der Waals surface area contributed by atoms with E-state index in [1.165, 1.54) is 0 Å². The lowest BCUT2D eigenvalue weighted by atomic mass is 10.2. The zero-order valence-electron chi connectivity index (χ0n) is 7.22. The summed E-state index contributed by atoms with van der Waals surface area (Å²) in [6, 6.07) is 5.65. The van der Waals surface area contributed by atoms with Gasteiger partial charge >= 0.3 is 0 Å². The molecule has 0 aromatic heterocycles. The van der Waals surface area contributed by atoms with Gasteiger partial charge in [-0.2, -0.15) is 0 Å². The van der Waals surface area contributed by atoms with Gasteiger partial charge in [0.15, 0.2) is 0 Å². The molecular formula is C9H10BrClO2. The minimum atomic E-state index is 0.281. The largest absolute Gasteiger partial charge is 0.359 e. The van der Waals surface area contributed by atoms with E-state index in [-0.39, 0.29) is 6.79 Å². The van der Waals surface area contributed by atoms with E-state index < -0.39 is 0 Å². The van der Waals surface area contributed by atoms with E-state index in [0.29, 0.717) is 11.6 Å². The zero-order chi connectivity index (χ0) is 9.68. The Bertz CT molecular complexity index is 278. The quantitative estimate of drug-likeness (QED) is 0.615. The van der Waals surface area contributed by atoms with Gasteiger partial charge in [0.25, 0.3) is 0 Å². The van der Waals surface area contributed by atoms with Gasteiger partial charge in [-0.25, -0.2) is 0 Å². The van der Waals surface area contributed by atoms with Crippen molar-refractivity contribution in [2.24, 2.45) is 0 Å². The number of methoxy groups -OCH3 is 1. The van der Waals surface area contributed by atoms with Crippen LogP contribution in [0.5, 0.6) is 0 Å². The molecule has 1 aromatic rings. The normalized spacial score (nSPS) is 10.4. The number of hydrogen-bond acceptors (Lipinski definition) is 2. The van der Waals surface area contributed by atoms with Gasteiger partial charge < -0.3 is 9.47 Å². The summed E-state index contributed by atoms with van der Waals surface area (Å²) in [6.07, 6.45) is 0. The van der Waals surface area contributed by atoms with Crippen molar-refractivity contribution in [3.05, 3.63) is 33.3 Å². The van der Waals surface area contributed by atoms with Crippen LogP contribution in [-0.2, 0) is 16.1 Å². The van der Waals surface area contributed by atoms with Crippen molar-refractivity contribution in [2.75, 3.05) is 13.9 Å². The zero-order valence-corrected chi connectivity index (χ0v) is 9.56. The average molecular weight is 266 g/mol. The van der Waals surface area contributed by atoms with E-state index in [1.807, 2.05) is 18.2 Å². The second kappa shape index (κ2) is 5.60. The molecule has 1 rings (SSSR count). The summed E-state index contributed by atoms with van der Waals surface area (Å²) < 4.78 is 10.9. The standard InChI is InChI=1S/C9H10BrClO2/c1-12-6-13-5-7-4-8(10)2-3-9(7)11/h2-4H,5-6H2,1H3. The van der Waals surface area contributed by atoms with Crippen LogP contribution in [0, 0.1) is 0 Å². The highest BCUT2D eigenvalue weighted by Gasteiger charge is 2.00. The summed E-state index contributed by atoms with van der Waals surface area (Å²) in [5, 5.41) is 0.708. The van der Waals surface area contributed by atoms with Gasteiger partial charge in [0, 0.05) is 16.6 Å². The number of benzene rings is 1. The first-order chi connectivity index (χ1) is 6.24. The van der Waals surface area contributed by atoms with Crippen LogP contribution in [0.3, 0.4) is 0 Å². The van der Waals surface area contributed by atoms with Crippen LogP contribution < -0.4 is 0 Å². The predicted octanol–water partition coefficient (Wildman–Crippen LogP) is 3.22. The van der Waals surface area contributed by atoms with Gasteiger partial charge in [0.2, 0.25) is 0 Å². The molecule has 0 N–H and O–H groups in total. The Morgan fingerprint density at radius 3 is 2.92 bits per heavy atom. The SMILES string of the molecule is COCOCc1cc(Br)ccc1Cl. The molecule has 1 aromatic carbocycles. The molecule has 0 amide bonds. The predicted molar refractivity (Wildman–Crippen MR) is 55.8 cm³/mol. The minimum Gasteiger partial charge on any atom is -0.359 e. The molecule has 0 atom stereocenters. The average Bonchev–Trinajstić information content (AvgIpc) is 2.11. The number of ether oxygens (including phenoxy) is 2. The Balaban J connectivity index is 2.59. The maximum absolute atomic E-state index is 5.93. The van der Waals surface area contributed by atoms with E-state index in [1.54, 1.807) is 7.11 Å². The number of rotatable bonds is 4. The fourth-order valence-corrected chi connectivity index (χ4v) is 1.47. The first kappa shape index (κ1) is 11.0. The lowest BCUT2D eigenvalue weighted by molar-refractivity contribution is -0.0390. The van der Waals surface area contributed by atoms with Gasteiger partial charge in [0.05, 0.1) is 6.61 Å². The molecular weight excluding hydrogens is 255 g/mol. The second-order valence-electron chi connectivity index (χ2n) is 2.49. The van der Waals surface area contributed by atoms with Crippen molar-refractivity contribution < 1.29 is 9.47 Å². The Morgan fingerprint density at radius 2 is 2.23 bits per heavy atom. The summed E-state index contributed by atoms with van der Waals surface area (Å²) in [6.45, 7) is 0.745. The molecule has 0 saturated carbocycles. The van der Waals surface area contributed by atoms with Crippen molar-refractivity contribution in [2.45, 2.75) is 6.61 Å². The van der Waals surface area contributed by atoms with E-state index in [9.17, 15) is 0 Å². The summed E-state index contributed by atoms with van der Waals surface area (Å²) in [5.41, 5.74) is 0.952. The Morgan fingerprint density at radius 1 is 1.46 bits per heavy atom. The van der Waals surface area contributed by atoms with E-state index in [4.69, 9.17) is 21.1 Å². The van der Waals surface area contributed by atoms with Crippen molar-refractivity contribution in [3.63, 3.8) is 0 Å². The number of halogens is 2. The highest BCUT2D eigenvalue weighted by molar-refractivity contribution is 9.10. The van der Waals surface area contributed by atoms with E-state index in [2.05, 4.69) is 15.9 Å². The van der Waals surface area contributed by atoms with Crippen LogP contribution in [0.15, 0.2) is 22.7 Å². The van der Waals surface area contributed by atoms with Crippen LogP contribution >= 0.6 is 27.5 Å². The molecule has 2 nitrogen and oxygen atoms in total. The van der Waals surface area contributed by atoms with Gasteiger partial charge in [-0.3, -0.25) is 0 Å². The molecule has 72 valence electrons. The Kier molecular flexibility index (Phi) is 4.73. The van der Waals surface area contributed by atoms with Gasteiger partial charge in [-0.15, -0.1) is 0 Å². The maximum Gasteiger partial charge on any atom is 0.146 e. The summed E-state index contributed by atoms with van der Waals surface area (Å²) in [5.74, 6) is 0. The van der Waals surface area contributed by atoms with E-state index >= 15 is 0 Å². The van der Waals surface area contributed by atoms with Crippen molar-refractivity contribution in [1.82, 2.24) is 0 Å². The Labute approximate surface area is 90.9 Å². The smallest absolute Gasteiger partial charge is 0.146 e. The molecule has 0 radical (unpaired) electrons. The van der Waals surface area contributed by atoms with Crippen LogP contribution in [0.2, 0.25) is 5.02 Å². The van der Waals surface area contributed by atoms with Crippen molar-refractivity contribution >= 4 is 27.5 Å². The van der Waals surface area contributed by atoms with E-state index in [0.717, 1.165) is 10.0 Å². The highest BCUT2D eigenvalue weighted by atomic mass is 79.9. The second-order valence-corrected chi connectivity index (χ2v) is 3.81. The molecule has 0 aliphatic carbocycles. The fourth-order valence-electron chi connectivity index (χ4n) is 0.889. The molecule has 0 unspecified atom stereocenters. The fraction of sp³-hybridized carbons (Fsp3) is 0.333. The van der Waals surface area contributed by atoms with Crippen LogP contribution in [0.1, 0.15) is 5.56 Å². The minimum absolute atomic E-state index is 0.281. The van der Waals surface area contributed by atoms with Crippen molar-refractivity contribution in [3.8, 4) is 0 Å². The third-order valence-electron chi connectivity index (χ3n) is 1.47. The van der Waals surface area contributed by atoms with Crippen LogP contribution in [0.25, 0.3) is 0 Å². The molecule has 0 spiro atoms. The summed E-state index contributed by atoms with van der Waals surface area (Å²) in [4.78, 5) is 0. The topological polar surface area (TPSA) is 18.5 Å². The molecule has 13 heavy (non-hydrogen) atoms. The molecule has 0 saturated heterocycles. The molecule has 0 bridgehead atoms. The molecule has 4 heteroatoms. The first-order valence-electron chi connectivity index (χ1n) is 3.74. The van der Waals surface area contributed by atoms with Crippen LogP contribution in [0.4, 0.5) is 0 Å². The third kappa shape index (κ3) is 3.65. The molecule has 0 aliphatic rings. The third-order valence-corrected chi connectivity index (χ3v) is 2.33.